The number of ether oxygens (including phenoxy) is 1. The highest BCUT2D eigenvalue weighted by atomic mass is 35.5. The summed E-state index contributed by atoms with van der Waals surface area (Å²) in [5.41, 5.74) is 0. The monoisotopic (exact) mass is 338 g/mol. The molecule has 0 N–H and O–H groups in total. The van der Waals surface area contributed by atoms with E-state index in [1.54, 1.807) is 0 Å². The van der Waals surface area contributed by atoms with Gasteiger partial charge in [-0.15, -0.1) is 23.2 Å². The van der Waals surface area contributed by atoms with Crippen molar-refractivity contribution in [2.75, 3.05) is 7.11 Å². The smallest absolute Gasteiger partial charge is 0.305 e. The van der Waals surface area contributed by atoms with Gasteiger partial charge in [0.25, 0.3) is 0 Å². The lowest BCUT2D eigenvalue weighted by Gasteiger charge is -2.15. The third-order valence-electron chi connectivity index (χ3n) is 3.81. The molecule has 0 saturated heterocycles. The highest BCUT2D eigenvalue weighted by molar-refractivity contribution is 6.29. The highest BCUT2D eigenvalue weighted by Gasteiger charge is 2.15. The van der Waals surface area contributed by atoms with Gasteiger partial charge in [0.05, 0.1) is 7.11 Å². The number of hydrogen-bond acceptors (Lipinski definition) is 2. The molecular formula is C17H32Cl2O2. The maximum atomic E-state index is 11.0. The van der Waals surface area contributed by atoms with E-state index in [1.807, 2.05) is 0 Å². The fourth-order valence-corrected chi connectivity index (χ4v) is 2.93. The maximum absolute atomic E-state index is 11.0. The zero-order chi connectivity index (χ0) is 15.9. The van der Waals surface area contributed by atoms with Crippen molar-refractivity contribution in [1.29, 1.82) is 0 Å². The molecule has 0 aliphatic carbocycles. The Hall–Kier alpha value is 0.0500. The van der Waals surface area contributed by atoms with Gasteiger partial charge in [-0.05, 0) is 19.3 Å². The average Bonchev–Trinajstić information content (AvgIpc) is 2.49. The molecule has 0 spiro atoms. The molecule has 0 aliphatic rings. The maximum Gasteiger partial charge on any atom is 0.305 e. The number of rotatable bonds is 14. The predicted octanol–water partition coefficient (Wildman–Crippen LogP) is 6.08. The molecule has 2 nitrogen and oxygen atoms in total. The number of alkyl halides is 2. The second-order valence-electron chi connectivity index (χ2n) is 5.76. The SMILES string of the molecule is CCCCCCCCC(Cl)C(Cl)CCCCCC(=O)OC. The van der Waals surface area contributed by atoms with Crippen molar-refractivity contribution in [3.63, 3.8) is 0 Å². The minimum Gasteiger partial charge on any atom is -0.469 e. The molecule has 2 unspecified atom stereocenters. The lowest BCUT2D eigenvalue weighted by atomic mass is 10.0. The van der Waals surface area contributed by atoms with E-state index in [0.29, 0.717) is 6.42 Å². The molecular weight excluding hydrogens is 307 g/mol. The average molecular weight is 339 g/mol. The molecule has 0 saturated carbocycles. The van der Waals surface area contributed by atoms with Crippen LogP contribution in [0.3, 0.4) is 0 Å². The molecule has 126 valence electrons. The Balaban J connectivity index is 3.44. The molecule has 0 radical (unpaired) electrons. The van der Waals surface area contributed by atoms with E-state index in [0.717, 1.165) is 32.1 Å². The van der Waals surface area contributed by atoms with Gasteiger partial charge in [-0.25, -0.2) is 0 Å². The summed E-state index contributed by atoms with van der Waals surface area (Å²) < 4.78 is 4.61. The summed E-state index contributed by atoms with van der Waals surface area (Å²) in [4.78, 5) is 11.0. The van der Waals surface area contributed by atoms with Crippen molar-refractivity contribution in [1.82, 2.24) is 0 Å². The fraction of sp³-hybridized carbons (Fsp3) is 0.941. The van der Waals surface area contributed by atoms with Gasteiger partial charge in [0.2, 0.25) is 0 Å². The van der Waals surface area contributed by atoms with E-state index >= 15 is 0 Å². The number of esters is 1. The van der Waals surface area contributed by atoms with E-state index in [-0.39, 0.29) is 16.7 Å². The van der Waals surface area contributed by atoms with Gasteiger partial charge in [-0.3, -0.25) is 4.79 Å². The van der Waals surface area contributed by atoms with Crippen LogP contribution in [0.25, 0.3) is 0 Å². The van der Waals surface area contributed by atoms with E-state index in [2.05, 4.69) is 11.7 Å². The second-order valence-corrected chi connectivity index (χ2v) is 6.89. The Morgan fingerprint density at radius 3 is 1.86 bits per heavy atom. The van der Waals surface area contributed by atoms with Gasteiger partial charge in [0.1, 0.15) is 0 Å². The van der Waals surface area contributed by atoms with Crippen LogP contribution < -0.4 is 0 Å². The third-order valence-corrected chi connectivity index (χ3v) is 4.99. The van der Waals surface area contributed by atoms with Crippen molar-refractivity contribution in [3.05, 3.63) is 0 Å². The van der Waals surface area contributed by atoms with Crippen LogP contribution in [0.4, 0.5) is 0 Å². The first-order valence-corrected chi connectivity index (χ1v) is 9.34. The van der Waals surface area contributed by atoms with Gasteiger partial charge in [-0.1, -0.05) is 58.3 Å². The molecule has 0 bridgehead atoms. The lowest BCUT2D eigenvalue weighted by Crippen LogP contribution is -2.15. The summed E-state index contributed by atoms with van der Waals surface area (Å²) in [6, 6.07) is 0. The molecule has 0 aromatic carbocycles. The Kier molecular flexibility index (Phi) is 15.0. The number of carbonyl (C=O) groups excluding carboxylic acids is 1. The molecule has 21 heavy (non-hydrogen) atoms. The second kappa shape index (κ2) is 15.0. The topological polar surface area (TPSA) is 26.3 Å². The van der Waals surface area contributed by atoms with Crippen LogP contribution in [0, 0.1) is 0 Å². The van der Waals surface area contributed by atoms with Crippen LogP contribution in [0.2, 0.25) is 0 Å². The summed E-state index contributed by atoms with van der Waals surface area (Å²) in [6.07, 6.45) is 13.1. The molecule has 0 rings (SSSR count). The molecule has 0 aliphatic heterocycles. The molecule has 4 heteroatoms. The van der Waals surface area contributed by atoms with Gasteiger partial charge < -0.3 is 4.74 Å². The number of unbranched alkanes of at least 4 members (excludes halogenated alkanes) is 7. The van der Waals surface area contributed by atoms with Gasteiger partial charge in [-0.2, -0.15) is 0 Å². The zero-order valence-corrected chi connectivity index (χ0v) is 15.2. The third kappa shape index (κ3) is 13.4. The summed E-state index contributed by atoms with van der Waals surface area (Å²) in [5.74, 6) is -0.129. The van der Waals surface area contributed by atoms with Crippen molar-refractivity contribution < 1.29 is 9.53 Å². The number of hydrogen-bond donors (Lipinski definition) is 0. The fourth-order valence-electron chi connectivity index (χ4n) is 2.37. The van der Waals surface area contributed by atoms with Crippen LogP contribution in [0.5, 0.6) is 0 Å². The van der Waals surface area contributed by atoms with Crippen LogP contribution in [-0.2, 0) is 9.53 Å². The molecule has 0 aromatic rings. The Bertz CT molecular complexity index is 247. The molecule has 0 aromatic heterocycles. The van der Waals surface area contributed by atoms with E-state index in [9.17, 15) is 4.79 Å². The summed E-state index contributed by atoms with van der Waals surface area (Å²) in [5, 5.41) is 0.138. The minimum absolute atomic E-state index is 0.0560. The molecule has 2 atom stereocenters. The first-order chi connectivity index (χ1) is 10.1. The number of carbonyl (C=O) groups is 1. The molecule has 0 fully saturated rings. The minimum atomic E-state index is -0.129. The molecule has 0 heterocycles. The summed E-state index contributed by atoms with van der Waals surface area (Å²) in [6.45, 7) is 2.23. The molecule has 0 amide bonds. The summed E-state index contributed by atoms with van der Waals surface area (Å²) >= 11 is 12.7. The first-order valence-electron chi connectivity index (χ1n) is 8.46. The standard InChI is InChI=1S/C17H32Cl2O2/c1-3-4-5-6-7-9-12-15(18)16(19)13-10-8-11-14-17(20)21-2/h15-16H,3-14H2,1-2H3. The van der Waals surface area contributed by atoms with Crippen LogP contribution >= 0.6 is 23.2 Å². The van der Waals surface area contributed by atoms with E-state index in [1.165, 1.54) is 45.6 Å². The highest BCUT2D eigenvalue weighted by Crippen LogP contribution is 2.22. The van der Waals surface area contributed by atoms with Crippen molar-refractivity contribution in [2.24, 2.45) is 0 Å². The van der Waals surface area contributed by atoms with Gasteiger partial charge in [0.15, 0.2) is 0 Å². The Morgan fingerprint density at radius 2 is 1.33 bits per heavy atom. The van der Waals surface area contributed by atoms with Crippen LogP contribution in [0.1, 0.15) is 84.0 Å². The zero-order valence-electron chi connectivity index (χ0n) is 13.7. The van der Waals surface area contributed by atoms with Crippen LogP contribution in [-0.4, -0.2) is 23.8 Å². The van der Waals surface area contributed by atoms with Crippen LogP contribution in [0.15, 0.2) is 0 Å². The Labute approximate surface area is 140 Å². The van der Waals surface area contributed by atoms with Gasteiger partial charge >= 0.3 is 5.97 Å². The number of methoxy groups -OCH3 is 1. The number of halogens is 2. The Morgan fingerprint density at radius 1 is 0.857 bits per heavy atom. The van der Waals surface area contributed by atoms with Crippen molar-refractivity contribution in [3.8, 4) is 0 Å². The first kappa shape index (κ1) is 21.0. The van der Waals surface area contributed by atoms with Crippen molar-refractivity contribution in [2.45, 2.75) is 94.7 Å². The van der Waals surface area contributed by atoms with E-state index < -0.39 is 0 Å². The van der Waals surface area contributed by atoms with E-state index in [4.69, 9.17) is 23.2 Å². The lowest BCUT2D eigenvalue weighted by molar-refractivity contribution is -0.140. The quantitative estimate of drug-likeness (QED) is 0.218. The van der Waals surface area contributed by atoms with Gasteiger partial charge in [0, 0.05) is 17.2 Å². The predicted molar refractivity (Wildman–Crippen MR) is 92.4 cm³/mol. The largest absolute Gasteiger partial charge is 0.469 e. The normalized spacial score (nSPS) is 13.9. The van der Waals surface area contributed by atoms with Crippen molar-refractivity contribution >= 4 is 29.2 Å². The summed E-state index contributed by atoms with van der Waals surface area (Å²) in [7, 11) is 1.43.